The summed E-state index contributed by atoms with van der Waals surface area (Å²) in [6.45, 7) is 7.98. The molecule has 0 amide bonds. The second-order valence-electron chi connectivity index (χ2n) is 5.24. The maximum Gasteiger partial charge on any atom is 0.333 e. The molecule has 0 N–H and O–H groups in total. The molecule has 0 unspecified atom stereocenters. The van der Waals surface area contributed by atoms with Gasteiger partial charge in [0.05, 0.1) is 23.5 Å². The Hall–Kier alpha value is -2.29. The number of anilines is 1. The van der Waals surface area contributed by atoms with Gasteiger partial charge in [-0.15, -0.1) is 0 Å². The molecule has 0 heterocycles. The Kier molecular flexibility index (Phi) is 5.97. The molecular formula is C15H21N3O3. The van der Waals surface area contributed by atoms with Gasteiger partial charge in [0.2, 0.25) is 0 Å². The fourth-order valence-electron chi connectivity index (χ4n) is 2.10. The third kappa shape index (κ3) is 4.35. The fraction of sp³-hybridized carbons (Fsp3) is 0.533. The van der Waals surface area contributed by atoms with E-state index in [4.69, 9.17) is 10.00 Å². The van der Waals surface area contributed by atoms with Crippen LogP contribution in [0.15, 0.2) is 18.2 Å². The smallest absolute Gasteiger partial charge is 0.333 e. The SMILES string of the molecule is CC(C)Oc1cccc(N(CCC#N)C(C)C)c1[N+](=O)[O-]. The maximum absolute atomic E-state index is 11.5. The van der Waals surface area contributed by atoms with E-state index in [2.05, 4.69) is 6.07 Å². The van der Waals surface area contributed by atoms with E-state index < -0.39 is 4.92 Å². The number of para-hydroxylation sites is 1. The van der Waals surface area contributed by atoms with Crippen molar-refractivity contribution in [2.24, 2.45) is 0 Å². The summed E-state index contributed by atoms with van der Waals surface area (Å²) in [6.07, 6.45) is 0.162. The zero-order valence-electron chi connectivity index (χ0n) is 12.9. The van der Waals surface area contributed by atoms with Gasteiger partial charge in [0.1, 0.15) is 5.69 Å². The van der Waals surface area contributed by atoms with Crippen LogP contribution in [0.5, 0.6) is 5.75 Å². The van der Waals surface area contributed by atoms with Gasteiger partial charge in [-0.25, -0.2) is 0 Å². The molecule has 0 saturated carbocycles. The van der Waals surface area contributed by atoms with Crippen LogP contribution in [0.1, 0.15) is 34.1 Å². The first-order chi connectivity index (χ1) is 9.88. The molecule has 0 fully saturated rings. The van der Waals surface area contributed by atoms with Crippen LogP contribution in [0.25, 0.3) is 0 Å². The van der Waals surface area contributed by atoms with Crippen LogP contribution < -0.4 is 9.64 Å². The molecule has 6 nitrogen and oxygen atoms in total. The van der Waals surface area contributed by atoms with Crippen molar-refractivity contribution in [3.8, 4) is 11.8 Å². The van der Waals surface area contributed by atoms with Crippen molar-refractivity contribution in [3.63, 3.8) is 0 Å². The molecule has 0 radical (unpaired) electrons. The van der Waals surface area contributed by atoms with Crippen molar-refractivity contribution in [1.29, 1.82) is 5.26 Å². The minimum Gasteiger partial charge on any atom is -0.484 e. The molecule has 0 bridgehead atoms. The molecule has 0 saturated heterocycles. The van der Waals surface area contributed by atoms with E-state index in [1.807, 2.05) is 32.6 Å². The van der Waals surface area contributed by atoms with Crippen molar-refractivity contribution in [2.45, 2.75) is 46.3 Å². The average molecular weight is 291 g/mol. The van der Waals surface area contributed by atoms with Crippen molar-refractivity contribution in [1.82, 2.24) is 0 Å². The molecule has 0 atom stereocenters. The number of nitriles is 1. The molecule has 0 aromatic heterocycles. The summed E-state index contributed by atoms with van der Waals surface area (Å²) in [7, 11) is 0. The van der Waals surface area contributed by atoms with E-state index in [0.29, 0.717) is 18.7 Å². The van der Waals surface area contributed by atoms with Gasteiger partial charge in [0.15, 0.2) is 5.75 Å². The first-order valence-electron chi connectivity index (χ1n) is 6.96. The topological polar surface area (TPSA) is 79.4 Å². The van der Waals surface area contributed by atoms with E-state index in [1.54, 1.807) is 18.2 Å². The van der Waals surface area contributed by atoms with Crippen molar-refractivity contribution in [2.75, 3.05) is 11.4 Å². The quantitative estimate of drug-likeness (QED) is 0.567. The van der Waals surface area contributed by atoms with Gasteiger partial charge >= 0.3 is 5.69 Å². The Morgan fingerprint density at radius 2 is 2.05 bits per heavy atom. The zero-order chi connectivity index (χ0) is 16.0. The summed E-state index contributed by atoms with van der Waals surface area (Å²) >= 11 is 0. The van der Waals surface area contributed by atoms with Gasteiger partial charge in [-0.2, -0.15) is 5.26 Å². The van der Waals surface area contributed by atoms with Crippen molar-refractivity contribution < 1.29 is 9.66 Å². The van der Waals surface area contributed by atoms with E-state index >= 15 is 0 Å². The second kappa shape index (κ2) is 7.48. The van der Waals surface area contributed by atoms with Gasteiger partial charge in [-0.3, -0.25) is 10.1 Å². The highest BCUT2D eigenvalue weighted by Crippen LogP contribution is 2.38. The number of hydrogen-bond donors (Lipinski definition) is 0. The zero-order valence-corrected chi connectivity index (χ0v) is 12.9. The predicted molar refractivity (Wildman–Crippen MR) is 81.6 cm³/mol. The fourth-order valence-corrected chi connectivity index (χ4v) is 2.10. The number of benzene rings is 1. The van der Waals surface area contributed by atoms with E-state index in [1.165, 1.54) is 0 Å². The summed E-state index contributed by atoms with van der Waals surface area (Å²) in [5.74, 6) is 0.259. The minimum absolute atomic E-state index is 0.0437. The molecule has 114 valence electrons. The molecule has 1 aromatic carbocycles. The highest BCUT2D eigenvalue weighted by molar-refractivity contribution is 5.70. The van der Waals surface area contributed by atoms with Crippen LogP contribution in [-0.2, 0) is 0 Å². The van der Waals surface area contributed by atoms with Crippen molar-refractivity contribution in [3.05, 3.63) is 28.3 Å². The predicted octanol–water partition coefficient (Wildman–Crippen LogP) is 3.51. The summed E-state index contributed by atoms with van der Waals surface area (Å²) in [6, 6.07) is 7.16. The number of nitro benzene ring substituents is 1. The Labute approximate surface area is 125 Å². The molecule has 1 aromatic rings. The number of rotatable bonds is 7. The van der Waals surface area contributed by atoms with E-state index in [0.717, 1.165) is 0 Å². The normalized spacial score (nSPS) is 10.5. The summed E-state index contributed by atoms with van der Waals surface area (Å²) in [5, 5.41) is 20.2. The molecule has 0 aliphatic heterocycles. The first-order valence-corrected chi connectivity index (χ1v) is 6.96. The van der Waals surface area contributed by atoms with Crippen LogP contribution in [0.2, 0.25) is 0 Å². The first kappa shape index (κ1) is 16.8. The Morgan fingerprint density at radius 3 is 2.52 bits per heavy atom. The number of ether oxygens (including phenoxy) is 1. The third-order valence-corrected chi connectivity index (χ3v) is 2.92. The molecular weight excluding hydrogens is 270 g/mol. The van der Waals surface area contributed by atoms with Crippen LogP contribution in [0.4, 0.5) is 11.4 Å². The van der Waals surface area contributed by atoms with Gasteiger partial charge in [-0.05, 0) is 39.8 Å². The lowest BCUT2D eigenvalue weighted by Crippen LogP contribution is -2.32. The van der Waals surface area contributed by atoms with E-state index in [-0.39, 0.29) is 23.6 Å². The lowest BCUT2D eigenvalue weighted by atomic mass is 10.1. The number of nitro groups is 1. The van der Waals surface area contributed by atoms with Crippen LogP contribution in [0.3, 0.4) is 0 Å². The van der Waals surface area contributed by atoms with Gasteiger partial charge < -0.3 is 9.64 Å². The number of hydrogen-bond acceptors (Lipinski definition) is 5. The Balaban J connectivity index is 3.32. The lowest BCUT2D eigenvalue weighted by Gasteiger charge is -2.28. The van der Waals surface area contributed by atoms with Crippen molar-refractivity contribution >= 4 is 11.4 Å². The molecule has 0 spiro atoms. The van der Waals surface area contributed by atoms with Crippen LogP contribution in [-0.4, -0.2) is 23.6 Å². The summed E-state index contributed by atoms with van der Waals surface area (Å²) < 4.78 is 5.55. The average Bonchev–Trinajstić information content (AvgIpc) is 2.37. The monoisotopic (exact) mass is 291 g/mol. The van der Waals surface area contributed by atoms with E-state index in [9.17, 15) is 10.1 Å². The molecule has 21 heavy (non-hydrogen) atoms. The highest BCUT2D eigenvalue weighted by atomic mass is 16.6. The lowest BCUT2D eigenvalue weighted by molar-refractivity contribution is -0.385. The molecule has 6 heteroatoms. The Morgan fingerprint density at radius 1 is 1.38 bits per heavy atom. The standard InChI is InChI=1S/C15H21N3O3/c1-11(2)17(10-6-9-16)13-7-5-8-14(21-12(3)4)15(13)18(19)20/h5,7-8,11-12H,6,10H2,1-4H3. The summed E-state index contributed by atoms with van der Waals surface area (Å²) in [5.41, 5.74) is 0.446. The third-order valence-electron chi connectivity index (χ3n) is 2.92. The van der Waals surface area contributed by atoms with Crippen LogP contribution >= 0.6 is 0 Å². The van der Waals surface area contributed by atoms with Crippen LogP contribution in [0, 0.1) is 21.4 Å². The van der Waals surface area contributed by atoms with Gasteiger partial charge in [0.25, 0.3) is 0 Å². The maximum atomic E-state index is 11.5. The second-order valence-corrected chi connectivity index (χ2v) is 5.24. The molecule has 1 rings (SSSR count). The van der Waals surface area contributed by atoms with Gasteiger partial charge in [0, 0.05) is 12.6 Å². The minimum atomic E-state index is -0.422. The Bertz CT molecular complexity index is 535. The number of nitrogens with zero attached hydrogens (tertiary/aromatic N) is 3. The van der Waals surface area contributed by atoms with Gasteiger partial charge in [-0.1, -0.05) is 6.07 Å². The molecule has 0 aliphatic rings. The molecule has 0 aliphatic carbocycles. The summed E-state index contributed by atoms with van der Waals surface area (Å²) in [4.78, 5) is 12.9. The highest BCUT2D eigenvalue weighted by Gasteiger charge is 2.26. The largest absolute Gasteiger partial charge is 0.484 e.